The Hall–Kier alpha value is -2.44. The second-order valence-electron chi connectivity index (χ2n) is 4.93. The molecule has 0 aliphatic carbocycles. The van der Waals surface area contributed by atoms with Gasteiger partial charge in [0.05, 0.1) is 5.02 Å². The molecule has 0 aliphatic rings. The van der Waals surface area contributed by atoms with Crippen molar-refractivity contribution in [3.05, 3.63) is 58.5 Å². The van der Waals surface area contributed by atoms with Crippen molar-refractivity contribution >= 4 is 34.9 Å². The van der Waals surface area contributed by atoms with Gasteiger partial charge in [0.2, 0.25) is 17.6 Å². The summed E-state index contributed by atoms with van der Waals surface area (Å²) in [5.41, 5.74) is 0.796. The van der Waals surface area contributed by atoms with E-state index < -0.39 is 0 Å². The third kappa shape index (κ3) is 4.31. The van der Waals surface area contributed by atoms with E-state index in [0.29, 0.717) is 34.0 Å². The molecule has 0 fully saturated rings. The summed E-state index contributed by atoms with van der Waals surface area (Å²) in [6.45, 7) is 0. The molecular weight excluding hydrogens is 351 g/mol. The largest absolute Gasteiger partial charge is 0.339 e. The van der Waals surface area contributed by atoms with Crippen LogP contribution in [0, 0.1) is 0 Å². The number of anilines is 1. The number of amides is 1. The highest BCUT2D eigenvalue weighted by atomic mass is 35.5. The van der Waals surface area contributed by atoms with Crippen molar-refractivity contribution in [1.29, 1.82) is 0 Å². The Kier molecular flexibility index (Phi) is 5.08. The van der Waals surface area contributed by atoms with Gasteiger partial charge in [-0.15, -0.1) is 0 Å². The molecule has 0 bridgehead atoms. The first-order chi connectivity index (χ1) is 11.6. The number of halogens is 2. The second kappa shape index (κ2) is 7.42. The van der Waals surface area contributed by atoms with E-state index in [1.165, 1.54) is 6.20 Å². The summed E-state index contributed by atoms with van der Waals surface area (Å²) >= 11 is 11.6. The minimum atomic E-state index is -0.198. The molecule has 1 N–H and O–H groups in total. The summed E-state index contributed by atoms with van der Waals surface area (Å²) in [5.74, 6) is 1.09. The van der Waals surface area contributed by atoms with Crippen LogP contribution in [0.1, 0.15) is 12.3 Å². The van der Waals surface area contributed by atoms with Gasteiger partial charge >= 0.3 is 0 Å². The molecule has 0 unspecified atom stereocenters. The quantitative estimate of drug-likeness (QED) is 0.741. The molecule has 24 heavy (non-hydrogen) atoms. The van der Waals surface area contributed by atoms with Crippen molar-refractivity contribution in [3.63, 3.8) is 0 Å². The average Bonchev–Trinajstić information content (AvgIpc) is 3.05. The first-order valence-electron chi connectivity index (χ1n) is 7.10. The Balaban J connectivity index is 1.56. The number of aromatic nitrogens is 3. The van der Waals surface area contributed by atoms with Gasteiger partial charge in [-0.25, -0.2) is 4.98 Å². The number of hydrogen-bond donors (Lipinski definition) is 1. The van der Waals surface area contributed by atoms with E-state index in [9.17, 15) is 4.79 Å². The van der Waals surface area contributed by atoms with E-state index in [2.05, 4.69) is 20.4 Å². The molecule has 1 amide bonds. The van der Waals surface area contributed by atoms with Gasteiger partial charge in [-0.05, 0) is 36.4 Å². The zero-order chi connectivity index (χ0) is 16.9. The van der Waals surface area contributed by atoms with Gasteiger partial charge in [-0.2, -0.15) is 4.98 Å². The maximum absolute atomic E-state index is 11.9. The Morgan fingerprint density at radius 2 is 1.83 bits per heavy atom. The fourth-order valence-corrected chi connectivity index (χ4v) is 2.19. The molecule has 122 valence electrons. The summed E-state index contributed by atoms with van der Waals surface area (Å²) in [6.07, 6.45) is 2.00. The Morgan fingerprint density at radius 3 is 2.54 bits per heavy atom. The monoisotopic (exact) mass is 362 g/mol. The van der Waals surface area contributed by atoms with E-state index in [-0.39, 0.29) is 12.3 Å². The number of nitrogens with zero attached hydrogens (tertiary/aromatic N) is 3. The van der Waals surface area contributed by atoms with Crippen LogP contribution in [0.15, 0.2) is 47.1 Å². The fraction of sp³-hybridized carbons (Fsp3) is 0.125. The smallest absolute Gasteiger partial charge is 0.227 e. The molecule has 3 rings (SSSR count). The number of nitrogens with one attached hydrogen (secondary N) is 1. The van der Waals surface area contributed by atoms with Crippen LogP contribution in [0.5, 0.6) is 0 Å². The van der Waals surface area contributed by atoms with Crippen LogP contribution in [-0.2, 0) is 11.2 Å². The van der Waals surface area contributed by atoms with Crippen molar-refractivity contribution < 1.29 is 9.32 Å². The van der Waals surface area contributed by atoms with Gasteiger partial charge in [0.15, 0.2) is 0 Å². The molecule has 6 nitrogen and oxygen atoms in total. The Bertz CT molecular complexity index is 832. The standard InChI is InChI=1S/C16H12Cl2N4O2/c17-11-3-1-10(2-4-11)16-21-15(24-22-16)8-7-14(23)20-13-6-5-12(18)9-19-13/h1-6,9H,7-8H2,(H,19,20,23). The zero-order valence-corrected chi connectivity index (χ0v) is 13.9. The molecular formula is C16H12Cl2N4O2. The fourth-order valence-electron chi connectivity index (χ4n) is 1.95. The summed E-state index contributed by atoms with van der Waals surface area (Å²) in [7, 11) is 0. The number of rotatable bonds is 5. The van der Waals surface area contributed by atoms with Crippen LogP contribution in [0.25, 0.3) is 11.4 Å². The maximum atomic E-state index is 11.9. The van der Waals surface area contributed by atoms with Crippen molar-refractivity contribution in [1.82, 2.24) is 15.1 Å². The summed E-state index contributed by atoms with van der Waals surface area (Å²) < 4.78 is 5.16. The number of benzene rings is 1. The molecule has 1 aromatic carbocycles. The normalized spacial score (nSPS) is 10.6. The lowest BCUT2D eigenvalue weighted by molar-refractivity contribution is -0.116. The van der Waals surface area contributed by atoms with Crippen LogP contribution in [-0.4, -0.2) is 21.0 Å². The molecule has 0 saturated carbocycles. The van der Waals surface area contributed by atoms with Gasteiger partial charge in [-0.1, -0.05) is 28.4 Å². The number of hydrogen-bond acceptors (Lipinski definition) is 5. The topological polar surface area (TPSA) is 80.9 Å². The van der Waals surface area contributed by atoms with Crippen molar-refractivity contribution in [2.45, 2.75) is 12.8 Å². The number of aryl methyl sites for hydroxylation is 1. The van der Waals surface area contributed by atoms with Gasteiger partial charge in [0.25, 0.3) is 0 Å². The van der Waals surface area contributed by atoms with E-state index in [0.717, 1.165) is 5.56 Å². The van der Waals surface area contributed by atoms with E-state index in [4.69, 9.17) is 27.7 Å². The molecule has 0 atom stereocenters. The summed E-state index contributed by atoms with van der Waals surface area (Å²) in [4.78, 5) is 20.2. The van der Waals surface area contributed by atoms with E-state index in [1.54, 1.807) is 36.4 Å². The van der Waals surface area contributed by atoms with E-state index in [1.807, 2.05) is 0 Å². The molecule has 2 aromatic heterocycles. The third-order valence-corrected chi connectivity index (χ3v) is 3.61. The molecule has 0 saturated heterocycles. The van der Waals surface area contributed by atoms with Crippen molar-refractivity contribution in [3.8, 4) is 11.4 Å². The van der Waals surface area contributed by atoms with Crippen LogP contribution >= 0.6 is 23.2 Å². The summed E-state index contributed by atoms with van der Waals surface area (Å²) in [6, 6.07) is 10.4. The molecule has 0 aliphatic heterocycles. The minimum absolute atomic E-state index is 0.198. The SMILES string of the molecule is O=C(CCc1nc(-c2ccc(Cl)cc2)no1)Nc1ccc(Cl)cn1. The lowest BCUT2D eigenvalue weighted by Gasteiger charge is -2.02. The molecule has 0 spiro atoms. The maximum Gasteiger partial charge on any atom is 0.227 e. The predicted molar refractivity (Wildman–Crippen MR) is 90.9 cm³/mol. The molecule has 3 aromatic rings. The minimum Gasteiger partial charge on any atom is -0.339 e. The lowest BCUT2D eigenvalue weighted by atomic mass is 10.2. The van der Waals surface area contributed by atoms with Crippen molar-refractivity contribution in [2.75, 3.05) is 5.32 Å². The zero-order valence-electron chi connectivity index (χ0n) is 12.4. The Labute approximate surface area is 147 Å². The van der Waals surface area contributed by atoms with Crippen LogP contribution in [0.3, 0.4) is 0 Å². The summed E-state index contributed by atoms with van der Waals surface area (Å²) in [5, 5.41) is 7.71. The highest BCUT2D eigenvalue weighted by Crippen LogP contribution is 2.19. The van der Waals surface area contributed by atoms with Crippen LogP contribution < -0.4 is 5.32 Å². The first-order valence-corrected chi connectivity index (χ1v) is 7.86. The second-order valence-corrected chi connectivity index (χ2v) is 5.80. The number of pyridine rings is 1. The highest BCUT2D eigenvalue weighted by molar-refractivity contribution is 6.30. The van der Waals surface area contributed by atoms with Crippen LogP contribution in [0.2, 0.25) is 10.0 Å². The molecule has 2 heterocycles. The first kappa shape index (κ1) is 16.4. The third-order valence-electron chi connectivity index (χ3n) is 3.13. The van der Waals surface area contributed by atoms with Gasteiger partial charge in [-0.3, -0.25) is 4.79 Å². The molecule has 0 radical (unpaired) electrons. The van der Waals surface area contributed by atoms with E-state index >= 15 is 0 Å². The number of carbonyl (C=O) groups is 1. The van der Waals surface area contributed by atoms with Gasteiger partial charge in [0.1, 0.15) is 5.82 Å². The average molecular weight is 363 g/mol. The molecule has 8 heteroatoms. The number of carbonyl (C=O) groups excluding carboxylic acids is 1. The Morgan fingerprint density at radius 1 is 1.08 bits per heavy atom. The lowest BCUT2D eigenvalue weighted by Crippen LogP contribution is -2.13. The van der Waals surface area contributed by atoms with Crippen LogP contribution in [0.4, 0.5) is 5.82 Å². The highest BCUT2D eigenvalue weighted by Gasteiger charge is 2.11. The van der Waals surface area contributed by atoms with Gasteiger partial charge in [0, 0.05) is 29.6 Å². The van der Waals surface area contributed by atoms with Crippen molar-refractivity contribution in [2.24, 2.45) is 0 Å². The van der Waals surface area contributed by atoms with Gasteiger partial charge < -0.3 is 9.84 Å². The predicted octanol–water partition coefficient (Wildman–Crippen LogP) is 4.01.